The van der Waals surface area contributed by atoms with Crippen molar-refractivity contribution in [1.29, 1.82) is 0 Å². The number of aromatic nitrogens is 1. The molecule has 0 fully saturated rings. The number of fused-ring (bicyclic) bond motifs is 3. The van der Waals surface area contributed by atoms with Crippen molar-refractivity contribution < 1.29 is 0 Å². The van der Waals surface area contributed by atoms with Gasteiger partial charge in [-0.1, -0.05) is 164 Å². The summed E-state index contributed by atoms with van der Waals surface area (Å²) in [6, 6.07) is 75.6. The summed E-state index contributed by atoms with van der Waals surface area (Å²) < 4.78 is 2.53. The van der Waals surface area contributed by atoms with E-state index in [4.69, 9.17) is 0 Å². The summed E-state index contributed by atoms with van der Waals surface area (Å²) in [5, 5.41) is 2.44. The third-order valence-electron chi connectivity index (χ3n) is 12.3. The quantitative estimate of drug-likeness (QED) is 0.149. The molecule has 0 bridgehead atoms. The minimum Gasteiger partial charge on any atom is -0.310 e. The molecule has 288 valence electrons. The molecule has 0 N–H and O–H groups in total. The predicted octanol–water partition coefficient (Wildman–Crippen LogP) is 16.2. The molecule has 0 aliphatic carbocycles. The SMILES string of the molecule is Cc1ccc(-c2cccc(-c3ccc(C)c(C)c3)c2-n2c3ccccc3c3ccc(N(c4ccc(-c5ccccc5)cc4)c4ccc(-c5ccccc5)cc4)cc32)cc1C. The van der Waals surface area contributed by atoms with E-state index in [2.05, 4.69) is 243 Å². The average molecular weight is 771 g/mol. The van der Waals surface area contributed by atoms with Crippen LogP contribution in [-0.2, 0) is 0 Å². The van der Waals surface area contributed by atoms with Crippen molar-refractivity contribution >= 4 is 38.9 Å². The second-order valence-corrected chi connectivity index (χ2v) is 16.0. The molecule has 0 saturated carbocycles. The van der Waals surface area contributed by atoms with Gasteiger partial charge >= 0.3 is 0 Å². The topological polar surface area (TPSA) is 8.17 Å². The third kappa shape index (κ3) is 6.67. The predicted molar refractivity (Wildman–Crippen MR) is 256 cm³/mol. The number of hydrogen-bond acceptors (Lipinski definition) is 1. The van der Waals surface area contributed by atoms with Crippen LogP contribution in [0.3, 0.4) is 0 Å². The summed E-state index contributed by atoms with van der Waals surface area (Å²) in [6.07, 6.45) is 0. The molecule has 1 aromatic heterocycles. The Morgan fingerprint density at radius 2 is 0.733 bits per heavy atom. The molecule has 0 aliphatic rings. The first-order valence-electron chi connectivity index (χ1n) is 20.8. The van der Waals surface area contributed by atoms with E-state index in [0.717, 1.165) is 22.6 Å². The van der Waals surface area contributed by atoms with Crippen LogP contribution in [0.15, 0.2) is 206 Å². The molecule has 0 saturated heterocycles. The van der Waals surface area contributed by atoms with Crippen molar-refractivity contribution in [2.24, 2.45) is 0 Å². The molecule has 10 aromatic rings. The molecule has 1 heterocycles. The van der Waals surface area contributed by atoms with E-state index in [9.17, 15) is 0 Å². The van der Waals surface area contributed by atoms with E-state index in [0.29, 0.717) is 0 Å². The number of hydrogen-bond donors (Lipinski definition) is 0. The van der Waals surface area contributed by atoms with Crippen molar-refractivity contribution in [2.75, 3.05) is 4.90 Å². The minimum absolute atomic E-state index is 1.09. The highest BCUT2D eigenvalue weighted by Crippen LogP contribution is 2.44. The molecule has 0 spiro atoms. The van der Waals surface area contributed by atoms with E-state index < -0.39 is 0 Å². The molecule has 0 amide bonds. The van der Waals surface area contributed by atoms with E-state index in [1.54, 1.807) is 0 Å². The van der Waals surface area contributed by atoms with Crippen LogP contribution in [0, 0.1) is 27.7 Å². The number of nitrogens with zero attached hydrogens (tertiary/aromatic N) is 2. The third-order valence-corrected chi connectivity index (χ3v) is 12.3. The van der Waals surface area contributed by atoms with Gasteiger partial charge in [0.15, 0.2) is 0 Å². The zero-order valence-corrected chi connectivity index (χ0v) is 34.5. The molecular weight excluding hydrogens is 725 g/mol. The zero-order valence-electron chi connectivity index (χ0n) is 34.5. The molecule has 2 heteroatoms. The number of rotatable bonds is 8. The standard InChI is InChI=1S/C58H46N2/c1-39-22-24-47(36-41(39)3)52-19-13-20-53(48-25-23-40(2)42(4)37-48)58(52)60-56-21-12-11-18-54(56)55-35-34-51(38-57(55)60)59(49-30-26-45(27-31-49)43-14-7-5-8-15-43)50-32-28-46(29-33-50)44-16-9-6-10-17-44/h5-38H,1-4H3. The molecular formula is C58H46N2. The first-order valence-corrected chi connectivity index (χ1v) is 20.8. The number of aryl methyl sites for hydroxylation is 4. The largest absolute Gasteiger partial charge is 0.310 e. The van der Waals surface area contributed by atoms with Gasteiger partial charge in [-0.25, -0.2) is 0 Å². The highest BCUT2D eigenvalue weighted by atomic mass is 15.1. The van der Waals surface area contributed by atoms with Crippen molar-refractivity contribution in [1.82, 2.24) is 4.57 Å². The lowest BCUT2D eigenvalue weighted by atomic mass is 9.92. The van der Waals surface area contributed by atoms with Crippen LogP contribution in [0.25, 0.3) is 72.0 Å². The number of para-hydroxylation sites is 2. The molecule has 2 nitrogen and oxygen atoms in total. The van der Waals surface area contributed by atoms with Crippen LogP contribution in [0.1, 0.15) is 22.3 Å². The Morgan fingerprint density at radius 3 is 1.25 bits per heavy atom. The Hall–Kier alpha value is -7.42. The van der Waals surface area contributed by atoms with Crippen LogP contribution in [0.2, 0.25) is 0 Å². The molecule has 60 heavy (non-hydrogen) atoms. The van der Waals surface area contributed by atoms with Crippen LogP contribution < -0.4 is 4.90 Å². The Kier molecular flexibility index (Phi) is 9.47. The van der Waals surface area contributed by atoms with Gasteiger partial charge in [-0.2, -0.15) is 0 Å². The summed E-state index contributed by atoms with van der Waals surface area (Å²) in [4.78, 5) is 2.39. The zero-order chi connectivity index (χ0) is 40.7. The fourth-order valence-electron chi connectivity index (χ4n) is 8.72. The van der Waals surface area contributed by atoms with E-state index >= 15 is 0 Å². The van der Waals surface area contributed by atoms with Gasteiger partial charge in [-0.15, -0.1) is 0 Å². The highest BCUT2D eigenvalue weighted by Gasteiger charge is 2.22. The lowest BCUT2D eigenvalue weighted by molar-refractivity contribution is 1.18. The van der Waals surface area contributed by atoms with Crippen LogP contribution in [0.4, 0.5) is 17.1 Å². The van der Waals surface area contributed by atoms with Crippen LogP contribution in [-0.4, -0.2) is 4.57 Å². The van der Waals surface area contributed by atoms with Crippen molar-refractivity contribution in [2.45, 2.75) is 27.7 Å². The van der Waals surface area contributed by atoms with Gasteiger partial charge in [0.1, 0.15) is 0 Å². The molecule has 9 aromatic carbocycles. The smallest absolute Gasteiger partial charge is 0.0618 e. The summed E-state index contributed by atoms with van der Waals surface area (Å²) >= 11 is 0. The Balaban J connectivity index is 1.23. The van der Waals surface area contributed by atoms with Gasteiger partial charge in [-0.3, -0.25) is 0 Å². The summed E-state index contributed by atoms with van der Waals surface area (Å²) in [5.41, 5.74) is 21.5. The van der Waals surface area contributed by atoms with Crippen molar-refractivity contribution in [3.63, 3.8) is 0 Å². The fraction of sp³-hybridized carbons (Fsp3) is 0.0690. The maximum atomic E-state index is 2.53. The molecule has 0 atom stereocenters. The lowest BCUT2D eigenvalue weighted by Crippen LogP contribution is -2.10. The Bertz CT molecular complexity index is 3000. The molecule has 0 unspecified atom stereocenters. The number of anilines is 3. The van der Waals surface area contributed by atoms with E-state index in [1.807, 2.05) is 0 Å². The maximum Gasteiger partial charge on any atom is 0.0618 e. The van der Waals surface area contributed by atoms with Crippen molar-refractivity contribution in [3.05, 3.63) is 229 Å². The summed E-state index contributed by atoms with van der Waals surface area (Å²) in [7, 11) is 0. The van der Waals surface area contributed by atoms with Gasteiger partial charge in [0, 0.05) is 39.0 Å². The first-order chi connectivity index (χ1) is 29.4. The normalized spacial score (nSPS) is 11.3. The maximum absolute atomic E-state index is 2.53. The summed E-state index contributed by atoms with van der Waals surface area (Å²) in [5.74, 6) is 0. The van der Waals surface area contributed by atoms with Crippen molar-refractivity contribution in [3.8, 4) is 50.2 Å². The molecule has 0 radical (unpaired) electrons. The lowest BCUT2D eigenvalue weighted by Gasteiger charge is -2.26. The van der Waals surface area contributed by atoms with Gasteiger partial charge in [-0.05, 0) is 126 Å². The molecule has 10 rings (SSSR count). The summed E-state index contributed by atoms with van der Waals surface area (Å²) in [6.45, 7) is 8.81. The fourth-order valence-corrected chi connectivity index (χ4v) is 8.72. The minimum atomic E-state index is 1.09. The second kappa shape index (κ2) is 15.4. The van der Waals surface area contributed by atoms with Gasteiger partial charge in [0.25, 0.3) is 0 Å². The van der Waals surface area contributed by atoms with Gasteiger partial charge < -0.3 is 9.47 Å². The Morgan fingerprint density at radius 1 is 0.300 bits per heavy atom. The van der Waals surface area contributed by atoms with Gasteiger partial charge in [0.2, 0.25) is 0 Å². The van der Waals surface area contributed by atoms with Crippen LogP contribution in [0.5, 0.6) is 0 Å². The van der Waals surface area contributed by atoms with Crippen LogP contribution >= 0.6 is 0 Å². The Labute approximate surface area is 353 Å². The van der Waals surface area contributed by atoms with E-state index in [-0.39, 0.29) is 0 Å². The van der Waals surface area contributed by atoms with Gasteiger partial charge in [0.05, 0.1) is 16.7 Å². The highest BCUT2D eigenvalue weighted by molar-refractivity contribution is 6.11. The second-order valence-electron chi connectivity index (χ2n) is 16.0. The van der Waals surface area contributed by atoms with E-state index in [1.165, 1.54) is 88.7 Å². The number of benzene rings is 9. The first kappa shape index (κ1) is 36.9. The molecule has 0 aliphatic heterocycles. The average Bonchev–Trinajstić information content (AvgIpc) is 3.62. The monoisotopic (exact) mass is 770 g/mol.